The van der Waals surface area contributed by atoms with Crippen LogP contribution >= 0.6 is 0 Å². The summed E-state index contributed by atoms with van der Waals surface area (Å²) in [7, 11) is 0. The van der Waals surface area contributed by atoms with E-state index < -0.39 is 0 Å². The summed E-state index contributed by atoms with van der Waals surface area (Å²) in [6.45, 7) is 3.87. The summed E-state index contributed by atoms with van der Waals surface area (Å²) in [6, 6.07) is 7.60. The van der Waals surface area contributed by atoms with Crippen molar-refractivity contribution in [2.24, 2.45) is 0 Å². The van der Waals surface area contributed by atoms with Crippen molar-refractivity contribution in [1.82, 2.24) is 4.90 Å². The fourth-order valence-electron chi connectivity index (χ4n) is 2.62. The van der Waals surface area contributed by atoms with Crippen molar-refractivity contribution in [3.8, 4) is 0 Å². The van der Waals surface area contributed by atoms with Gasteiger partial charge in [0, 0.05) is 24.3 Å². The molecule has 1 saturated heterocycles. The summed E-state index contributed by atoms with van der Waals surface area (Å²) in [5, 5.41) is 12.7. The van der Waals surface area contributed by atoms with Crippen molar-refractivity contribution >= 4 is 11.6 Å². The minimum atomic E-state index is -0.0193. The molecule has 20 heavy (non-hydrogen) atoms. The molecular weight excluding hydrogens is 252 g/mol. The van der Waals surface area contributed by atoms with E-state index in [1.54, 1.807) is 0 Å². The van der Waals surface area contributed by atoms with Gasteiger partial charge in [-0.05, 0) is 49.9 Å². The Balaban J connectivity index is 2.04. The molecular formula is C16H24N2O2. The highest BCUT2D eigenvalue weighted by Gasteiger charge is 2.26. The maximum atomic E-state index is 12.5. The molecule has 4 heteroatoms. The molecule has 2 N–H and O–H groups in total. The molecule has 1 aliphatic heterocycles. The molecule has 4 nitrogen and oxygen atoms in total. The zero-order chi connectivity index (χ0) is 14.4. The Morgan fingerprint density at radius 3 is 2.75 bits per heavy atom. The van der Waals surface area contributed by atoms with Crippen molar-refractivity contribution in [2.75, 3.05) is 25.0 Å². The molecule has 1 atom stereocenters. The number of nitrogens with zero attached hydrogens (tertiary/aromatic N) is 1. The van der Waals surface area contributed by atoms with Gasteiger partial charge in [-0.1, -0.05) is 6.92 Å². The molecule has 1 aromatic carbocycles. The number of carbonyl (C=O) groups excluding carboxylic acids is 1. The maximum absolute atomic E-state index is 12.5. The van der Waals surface area contributed by atoms with E-state index in [2.05, 4.69) is 12.2 Å². The van der Waals surface area contributed by atoms with Crippen LogP contribution in [0.3, 0.4) is 0 Å². The Morgan fingerprint density at radius 1 is 1.35 bits per heavy atom. The lowest BCUT2D eigenvalue weighted by molar-refractivity contribution is 0.0503. The van der Waals surface area contributed by atoms with Gasteiger partial charge in [-0.25, -0.2) is 0 Å². The first-order valence-electron chi connectivity index (χ1n) is 7.52. The molecule has 0 radical (unpaired) electrons. The lowest BCUT2D eigenvalue weighted by Crippen LogP contribution is -2.45. The van der Waals surface area contributed by atoms with Crippen molar-refractivity contribution in [1.29, 1.82) is 0 Å². The average molecular weight is 276 g/mol. The molecule has 1 aromatic rings. The number of anilines is 1. The molecule has 1 unspecified atom stereocenters. The van der Waals surface area contributed by atoms with E-state index in [-0.39, 0.29) is 18.6 Å². The fourth-order valence-corrected chi connectivity index (χ4v) is 2.62. The van der Waals surface area contributed by atoms with Gasteiger partial charge in [0.1, 0.15) is 0 Å². The van der Waals surface area contributed by atoms with Gasteiger partial charge >= 0.3 is 0 Å². The number of likely N-dealkylation sites (tertiary alicyclic amines) is 1. The summed E-state index contributed by atoms with van der Waals surface area (Å²) in [6.07, 6.45) is 4.10. The normalized spacial score (nSPS) is 18.9. The van der Waals surface area contributed by atoms with Gasteiger partial charge < -0.3 is 15.3 Å². The summed E-state index contributed by atoms with van der Waals surface area (Å²) in [4.78, 5) is 14.3. The second-order valence-corrected chi connectivity index (χ2v) is 5.33. The summed E-state index contributed by atoms with van der Waals surface area (Å²) >= 11 is 0. The van der Waals surface area contributed by atoms with Crippen LogP contribution in [0.4, 0.5) is 5.69 Å². The molecule has 1 aliphatic rings. The highest BCUT2D eigenvalue weighted by molar-refractivity contribution is 5.94. The third kappa shape index (κ3) is 3.51. The number of carbonyl (C=O) groups is 1. The van der Waals surface area contributed by atoms with Crippen LogP contribution in [0.25, 0.3) is 0 Å². The Kier molecular flexibility index (Phi) is 5.41. The van der Waals surface area contributed by atoms with Gasteiger partial charge in [0.2, 0.25) is 0 Å². The minimum Gasteiger partial charge on any atom is -0.394 e. The minimum absolute atomic E-state index is 0.0193. The number of piperidine rings is 1. The van der Waals surface area contributed by atoms with Crippen molar-refractivity contribution < 1.29 is 9.90 Å². The van der Waals surface area contributed by atoms with Crippen LogP contribution in [0.1, 0.15) is 43.0 Å². The van der Waals surface area contributed by atoms with Gasteiger partial charge in [-0.2, -0.15) is 0 Å². The maximum Gasteiger partial charge on any atom is 0.254 e. The van der Waals surface area contributed by atoms with Crippen LogP contribution < -0.4 is 5.32 Å². The zero-order valence-corrected chi connectivity index (χ0v) is 12.1. The lowest BCUT2D eigenvalue weighted by atomic mass is 10.0. The number of rotatable bonds is 5. The summed E-state index contributed by atoms with van der Waals surface area (Å²) in [5.41, 5.74) is 1.74. The molecule has 0 aliphatic carbocycles. The first kappa shape index (κ1) is 14.9. The molecule has 0 saturated carbocycles. The van der Waals surface area contributed by atoms with Crippen molar-refractivity contribution in [3.05, 3.63) is 29.8 Å². The Hall–Kier alpha value is -1.55. The Morgan fingerprint density at radius 2 is 2.10 bits per heavy atom. The second kappa shape index (κ2) is 7.29. The second-order valence-electron chi connectivity index (χ2n) is 5.33. The number of aliphatic hydroxyl groups is 1. The van der Waals surface area contributed by atoms with E-state index in [1.807, 2.05) is 29.2 Å². The number of amides is 1. The van der Waals surface area contributed by atoms with Crippen LogP contribution in [-0.4, -0.2) is 41.7 Å². The molecule has 1 amide bonds. The van der Waals surface area contributed by atoms with Gasteiger partial charge in [-0.3, -0.25) is 4.79 Å². The van der Waals surface area contributed by atoms with Gasteiger partial charge in [0.25, 0.3) is 5.91 Å². The number of aliphatic hydroxyl groups excluding tert-OH is 1. The molecule has 0 bridgehead atoms. The lowest BCUT2D eigenvalue weighted by Gasteiger charge is -2.34. The van der Waals surface area contributed by atoms with Crippen LogP contribution in [0, 0.1) is 0 Å². The van der Waals surface area contributed by atoms with Gasteiger partial charge in [0.05, 0.1) is 12.6 Å². The molecule has 1 fully saturated rings. The van der Waals surface area contributed by atoms with Crippen LogP contribution in [0.5, 0.6) is 0 Å². The predicted octanol–water partition coefficient (Wildman–Crippen LogP) is 2.50. The Labute approximate surface area is 120 Å². The number of hydrogen-bond acceptors (Lipinski definition) is 3. The summed E-state index contributed by atoms with van der Waals surface area (Å²) in [5.74, 6) is 0.0331. The first-order chi connectivity index (χ1) is 9.76. The van der Waals surface area contributed by atoms with Crippen LogP contribution in [0.15, 0.2) is 24.3 Å². The van der Waals surface area contributed by atoms with E-state index in [0.717, 1.165) is 44.5 Å². The topological polar surface area (TPSA) is 52.6 Å². The SMILES string of the molecule is CCCNc1ccc(C(=O)N2CCCCC2CO)cc1. The van der Waals surface area contributed by atoms with Crippen molar-refractivity contribution in [3.63, 3.8) is 0 Å². The van der Waals surface area contributed by atoms with Crippen molar-refractivity contribution in [2.45, 2.75) is 38.6 Å². The monoisotopic (exact) mass is 276 g/mol. The first-order valence-corrected chi connectivity index (χ1v) is 7.52. The highest BCUT2D eigenvalue weighted by atomic mass is 16.3. The quantitative estimate of drug-likeness (QED) is 0.868. The van der Waals surface area contributed by atoms with Crippen LogP contribution in [0.2, 0.25) is 0 Å². The number of nitrogens with one attached hydrogen (secondary N) is 1. The van der Waals surface area contributed by atoms with E-state index >= 15 is 0 Å². The largest absolute Gasteiger partial charge is 0.394 e. The van der Waals surface area contributed by atoms with E-state index in [4.69, 9.17) is 0 Å². The number of benzene rings is 1. The van der Waals surface area contributed by atoms with E-state index in [9.17, 15) is 9.90 Å². The molecule has 0 aromatic heterocycles. The van der Waals surface area contributed by atoms with Crippen LogP contribution in [-0.2, 0) is 0 Å². The third-order valence-corrected chi connectivity index (χ3v) is 3.81. The standard InChI is InChI=1S/C16H24N2O2/c1-2-10-17-14-8-6-13(7-9-14)16(20)18-11-4-3-5-15(18)12-19/h6-9,15,17,19H,2-5,10-12H2,1H3. The molecule has 110 valence electrons. The summed E-state index contributed by atoms with van der Waals surface area (Å²) < 4.78 is 0. The molecule has 1 heterocycles. The molecule has 2 rings (SSSR count). The third-order valence-electron chi connectivity index (χ3n) is 3.81. The number of hydrogen-bond donors (Lipinski definition) is 2. The van der Waals surface area contributed by atoms with E-state index in [1.165, 1.54) is 0 Å². The highest BCUT2D eigenvalue weighted by Crippen LogP contribution is 2.20. The zero-order valence-electron chi connectivity index (χ0n) is 12.1. The Bertz CT molecular complexity index is 431. The van der Waals surface area contributed by atoms with Gasteiger partial charge in [0.15, 0.2) is 0 Å². The molecule has 0 spiro atoms. The average Bonchev–Trinajstić information content (AvgIpc) is 2.52. The predicted molar refractivity (Wildman–Crippen MR) is 81.0 cm³/mol. The van der Waals surface area contributed by atoms with E-state index in [0.29, 0.717) is 5.56 Å². The fraction of sp³-hybridized carbons (Fsp3) is 0.562. The van der Waals surface area contributed by atoms with Gasteiger partial charge in [-0.15, -0.1) is 0 Å². The smallest absolute Gasteiger partial charge is 0.254 e.